The van der Waals surface area contributed by atoms with E-state index in [0.717, 1.165) is 68.3 Å². The molecule has 4 heterocycles. The van der Waals surface area contributed by atoms with E-state index in [1.807, 2.05) is 41.8 Å². The minimum absolute atomic E-state index is 0.0331. The zero-order chi connectivity index (χ0) is 33.2. The van der Waals surface area contributed by atoms with E-state index in [4.69, 9.17) is 0 Å². The lowest BCUT2D eigenvalue weighted by Crippen LogP contribution is -2.43. The number of carbonyl (C=O) groups is 2. The van der Waals surface area contributed by atoms with E-state index in [2.05, 4.69) is 54.4 Å². The Labute approximate surface area is 273 Å². The van der Waals surface area contributed by atoms with Crippen LogP contribution in [-0.2, 0) is 11.2 Å². The molecule has 244 valence electrons. The number of aryl methyl sites for hydroxylation is 1. The number of hydrogen-bond donors (Lipinski definition) is 0. The first-order chi connectivity index (χ1) is 22.0. The predicted molar refractivity (Wildman–Crippen MR) is 183 cm³/mol. The number of carbonyl (C=O) groups excluding carboxylic acids is 2. The summed E-state index contributed by atoms with van der Waals surface area (Å²) < 4.78 is 16.6. The van der Waals surface area contributed by atoms with E-state index in [0.29, 0.717) is 17.2 Å². The second kappa shape index (κ2) is 13.8. The molecule has 46 heavy (non-hydrogen) atoms. The monoisotopic (exact) mass is 625 g/mol. The van der Waals surface area contributed by atoms with Crippen LogP contribution in [-0.4, -0.2) is 81.4 Å². The van der Waals surface area contributed by atoms with Gasteiger partial charge in [0.15, 0.2) is 0 Å². The van der Waals surface area contributed by atoms with Crippen LogP contribution in [0.2, 0.25) is 0 Å². The van der Waals surface area contributed by atoms with Crippen LogP contribution in [0.5, 0.6) is 0 Å². The first kappa shape index (κ1) is 33.4. The molecular formula is C38H48FN5O2. The molecule has 0 spiro atoms. The number of pyridine rings is 1. The molecule has 0 aliphatic carbocycles. The summed E-state index contributed by atoms with van der Waals surface area (Å²) in [6.45, 7) is 17.4. The molecule has 2 aliphatic heterocycles. The minimum Gasteiger partial charge on any atom is -0.343 e. The second-order valence-electron chi connectivity index (χ2n) is 13.6. The molecule has 0 radical (unpaired) electrons. The topological polar surface area (TPSA) is 61.7 Å². The highest BCUT2D eigenvalue weighted by Crippen LogP contribution is 2.44. The fraction of sp³-hybridized carbons (Fsp3) is 0.474. The predicted octanol–water partition coefficient (Wildman–Crippen LogP) is 6.73. The van der Waals surface area contributed by atoms with Gasteiger partial charge in [0.1, 0.15) is 5.82 Å². The van der Waals surface area contributed by atoms with E-state index < -0.39 is 5.82 Å². The van der Waals surface area contributed by atoms with Crippen molar-refractivity contribution in [3.05, 3.63) is 89.8 Å². The summed E-state index contributed by atoms with van der Waals surface area (Å²) in [7, 11) is 1.75. The molecule has 2 fully saturated rings. The number of halogens is 1. The molecule has 7 nitrogen and oxygen atoms in total. The smallest absolute Gasteiger partial charge is 0.256 e. The SMILES string of the molecule is C=C=C/C=C/C1(Cc2cn(-c3ccc(F)cc3C(=O)N(C)C(C)C)c3cncc(C)c23)CCN(CC2CCN(C(C)=O)CC2)C1C. The zero-order valence-electron chi connectivity index (χ0n) is 28.2. The Kier molecular flexibility index (Phi) is 9.99. The van der Waals surface area contributed by atoms with Crippen molar-refractivity contribution in [1.29, 1.82) is 0 Å². The van der Waals surface area contributed by atoms with Gasteiger partial charge in [-0.25, -0.2) is 4.39 Å². The summed E-state index contributed by atoms with van der Waals surface area (Å²) in [6.07, 6.45) is 16.0. The Balaban J connectivity index is 1.53. The lowest BCUT2D eigenvalue weighted by Gasteiger charge is -2.37. The van der Waals surface area contributed by atoms with Gasteiger partial charge < -0.3 is 14.4 Å². The average Bonchev–Trinajstić information content (AvgIpc) is 3.54. The highest BCUT2D eigenvalue weighted by Gasteiger charge is 2.44. The van der Waals surface area contributed by atoms with E-state index in [1.165, 1.54) is 17.7 Å². The standard InChI is InChI=1S/C38H48FN5O2/c1-8-9-10-15-38(16-19-43(28(38)5)24-30-13-17-42(18-14-30)29(6)45)21-31-25-44(35-23-40-22-27(4)36(31)35)34-12-11-32(39)20-33(34)37(46)41(7)26(2)3/h9-12,15,20,22-23,25-26,28,30H,1,13-14,16-19,21,24H2,2-7H3/b15-10+. The summed E-state index contributed by atoms with van der Waals surface area (Å²) in [5.41, 5.74) is 6.83. The molecule has 2 atom stereocenters. The number of piperidine rings is 1. The van der Waals surface area contributed by atoms with Gasteiger partial charge in [0.05, 0.1) is 23.0 Å². The number of nitrogens with zero attached hydrogens (tertiary/aromatic N) is 5. The Bertz CT molecular complexity index is 1680. The van der Waals surface area contributed by atoms with Crippen molar-refractivity contribution in [1.82, 2.24) is 24.3 Å². The lowest BCUT2D eigenvalue weighted by atomic mass is 9.75. The Morgan fingerprint density at radius 3 is 2.63 bits per heavy atom. The molecule has 2 unspecified atom stereocenters. The molecule has 0 saturated carbocycles. The van der Waals surface area contributed by atoms with Gasteiger partial charge in [-0.1, -0.05) is 18.7 Å². The number of amides is 2. The molecule has 2 amide bonds. The highest BCUT2D eigenvalue weighted by atomic mass is 19.1. The quantitative estimate of drug-likeness (QED) is 0.195. The number of likely N-dealkylation sites (tertiary alicyclic amines) is 2. The normalized spacial score (nSPS) is 21.0. The molecule has 0 N–H and O–H groups in total. The van der Waals surface area contributed by atoms with Gasteiger partial charge in [-0.2, -0.15) is 0 Å². The van der Waals surface area contributed by atoms with Gasteiger partial charge in [-0.15, -0.1) is 5.73 Å². The van der Waals surface area contributed by atoms with Crippen molar-refractivity contribution >= 4 is 22.7 Å². The van der Waals surface area contributed by atoms with Gasteiger partial charge in [-0.3, -0.25) is 19.5 Å². The fourth-order valence-electron chi connectivity index (χ4n) is 7.40. The van der Waals surface area contributed by atoms with Crippen LogP contribution < -0.4 is 0 Å². The summed E-state index contributed by atoms with van der Waals surface area (Å²) in [4.78, 5) is 36.2. The van der Waals surface area contributed by atoms with Crippen molar-refractivity contribution in [3.8, 4) is 5.69 Å². The number of allylic oxidation sites excluding steroid dienone is 2. The Morgan fingerprint density at radius 2 is 1.96 bits per heavy atom. The first-order valence-corrected chi connectivity index (χ1v) is 16.5. The minimum atomic E-state index is -0.443. The molecular weight excluding hydrogens is 577 g/mol. The second-order valence-corrected chi connectivity index (χ2v) is 13.6. The Morgan fingerprint density at radius 1 is 1.22 bits per heavy atom. The van der Waals surface area contributed by atoms with Gasteiger partial charge in [-0.05, 0) is 101 Å². The largest absolute Gasteiger partial charge is 0.343 e. The van der Waals surface area contributed by atoms with Crippen LogP contribution in [0.4, 0.5) is 4.39 Å². The third kappa shape index (κ3) is 6.60. The van der Waals surface area contributed by atoms with Crippen molar-refractivity contribution in [3.63, 3.8) is 0 Å². The molecule has 1 aromatic carbocycles. The first-order valence-electron chi connectivity index (χ1n) is 16.5. The van der Waals surface area contributed by atoms with Crippen molar-refractivity contribution in [2.24, 2.45) is 11.3 Å². The summed E-state index contributed by atoms with van der Waals surface area (Å²) in [6, 6.07) is 4.70. The maximum atomic E-state index is 14.6. The third-order valence-corrected chi connectivity index (χ3v) is 10.5. The van der Waals surface area contributed by atoms with E-state index in [-0.39, 0.29) is 29.3 Å². The van der Waals surface area contributed by atoms with E-state index in [9.17, 15) is 14.0 Å². The molecule has 2 aromatic heterocycles. The number of hydrogen-bond acceptors (Lipinski definition) is 4. The molecule has 2 aliphatic rings. The summed E-state index contributed by atoms with van der Waals surface area (Å²) in [5.74, 6) is 0.0699. The molecule has 8 heteroatoms. The number of aromatic nitrogens is 2. The number of benzene rings is 1. The van der Waals surface area contributed by atoms with Crippen LogP contribution in [0.1, 0.15) is 68.4 Å². The van der Waals surface area contributed by atoms with Gasteiger partial charge in [0.25, 0.3) is 5.91 Å². The van der Waals surface area contributed by atoms with Crippen LogP contribution >= 0.6 is 0 Å². The van der Waals surface area contributed by atoms with Gasteiger partial charge in [0.2, 0.25) is 5.91 Å². The third-order valence-electron chi connectivity index (χ3n) is 10.5. The molecule has 3 aromatic rings. The van der Waals surface area contributed by atoms with E-state index >= 15 is 0 Å². The number of fused-ring (bicyclic) bond motifs is 1. The molecule has 5 rings (SSSR count). The van der Waals surface area contributed by atoms with Gasteiger partial charge >= 0.3 is 0 Å². The molecule has 0 bridgehead atoms. The van der Waals surface area contributed by atoms with Crippen molar-refractivity contribution in [2.75, 3.05) is 33.2 Å². The molecule has 2 saturated heterocycles. The van der Waals surface area contributed by atoms with Gasteiger partial charge in [0, 0.05) is 68.9 Å². The Hall–Kier alpha value is -4.00. The highest BCUT2D eigenvalue weighted by molar-refractivity contribution is 5.99. The summed E-state index contributed by atoms with van der Waals surface area (Å²) >= 11 is 0. The lowest BCUT2D eigenvalue weighted by molar-refractivity contribution is -0.130. The maximum Gasteiger partial charge on any atom is 0.256 e. The van der Waals surface area contributed by atoms with Crippen molar-refractivity contribution in [2.45, 2.75) is 72.4 Å². The number of rotatable bonds is 9. The maximum absolute atomic E-state index is 14.6. The van der Waals surface area contributed by atoms with Crippen molar-refractivity contribution < 1.29 is 14.0 Å². The van der Waals surface area contributed by atoms with Crippen LogP contribution in [0.25, 0.3) is 16.6 Å². The zero-order valence-corrected chi connectivity index (χ0v) is 28.2. The van der Waals surface area contributed by atoms with E-state index in [1.54, 1.807) is 24.9 Å². The van der Waals surface area contributed by atoms with Crippen LogP contribution in [0.15, 0.2) is 67.3 Å². The fourth-order valence-corrected chi connectivity index (χ4v) is 7.40. The summed E-state index contributed by atoms with van der Waals surface area (Å²) in [5, 5.41) is 1.12. The van der Waals surface area contributed by atoms with Crippen LogP contribution in [0, 0.1) is 24.1 Å². The van der Waals surface area contributed by atoms with Crippen LogP contribution in [0.3, 0.4) is 0 Å². The average molecular weight is 626 g/mol.